The molecule has 2 aliphatic rings. The summed E-state index contributed by atoms with van der Waals surface area (Å²) in [6.07, 6.45) is 5.04. The molecule has 0 spiro atoms. The van der Waals surface area contributed by atoms with Crippen molar-refractivity contribution < 1.29 is 9.53 Å². The van der Waals surface area contributed by atoms with Gasteiger partial charge in [-0.2, -0.15) is 0 Å². The Kier molecular flexibility index (Phi) is 3.01. The van der Waals surface area contributed by atoms with E-state index < -0.39 is 0 Å². The SMILES string of the molecule is CC(C)(C)O[C@@H]1CC=C2C(C)(C)C(=O)CC[C@]21C. The summed E-state index contributed by atoms with van der Waals surface area (Å²) >= 11 is 0. The summed E-state index contributed by atoms with van der Waals surface area (Å²) in [6.45, 7) is 12.7. The first kappa shape index (κ1) is 13.8. The quantitative estimate of drug-likeness (QED) is 0.660. The number of fused-ring (bicyclic) bond motifs is 1. The van der Waals surface area contributed by atoms with Crippen molar-refractivity contribution in [2.45, 2.75) is 72.5 Å². The number of rotatable bonds is 1. The van der Waals surface area contributed by atoms with Gasteiger partial charge in [-0.05, 0) is 47.5 Å². The summed E-state index contributed by atoms with van der Waals surface area (Å²) < 4.78 is 6.24. The van der Waals surface area contributed by atoms with E-state index >= 15 is 0 Å². The molecule has 0 aromatic carbocycles. The van der Waals surface area contributed by atoms with E-state index in [1.165, 1.54) is 5.57 Å². The molecule has 0 aliphatic heterocycles. The zero-order chi connectivity index (χ0) is 13.8. The molecule has 2 rings (SSSR count). The van der Waals surface area contributed by atoms with Gasteiger partial charge in [0.25, 0.3) is 0 Å². The lowest BCUT2D eigenvalue weighted by atomic mass is 9.60. The van der Waals surface area contributed by atoms with Crippen molar-refractivity contribution in [1.29, 1.82) is 0 Å². The molecule has 0 heterocycles. The predicted octanol–water partition coefficient (Wildman–Crippen LogP) is 3.90. The van der Waals surface area contributed by atoms with Crippen LogP contribution in [0.2, 0.25) is 0 Å². The van der Waals surface area contributed by atoms with Gasteiger partial charge in [-0.15, -0.1) is 0 Å². The predicted molar refractivity (Wildman–Crippen MR) is 73.5 cm³/mol. The minimum Gasteiger partial charge on any atom is -0.371 e. The summed E-state index contributed by atoms with van der Waals surface area (Å²) in [5.74, 6) is 0.377. The van der Waals surface area contributed by atoms with Gasteiger partial charge in [0.2, 0.25) is 0 Å². The van der Waals surface area contributed by atoms with E-state index in [4.69, 9.17) is 4.74 Å². The molecule has 0 aromatic heterocycles. The molecule has 2 heteroatoms. The molecule has 1 saturated carbocycles. The molecule has 0 unspecified atom stereocenters. The number of ether oxygens (including phenoxy) is 1. The van der Waals surface area contributed by atoms with Gasteiger partial charge in [0.05, 0.1) is 11.7 Å². The Morgan fingerprint density at radius 1 is 1.28 bits per heavy atom. The maximum atomic E-state index is 12.1. The van der Waals surface area contributed by atoms with Crippen molar-refractivity contribution >= 4 is 5.78 Å². The highest BCUT2D eigenvalue weighted by molar-refractivity contribution is 5.89. The third kappa shape index (κ3) is 2.05. The van der Waals surface area contributed by atoms with Crippen LogP contribution in [0.5, 0.6) is 0 Å². The van der Waals surface area contributed by atoms with E-state index in [0.29, 0.717) is 12.2 Å². The minimum atomic E-state index is -0.303. The Morgan fingerprint density at radius 3 is 2.44 bits per heavy atom. The maximum absolute atomic E-state index is 12.1. The van der Waals surface area contributed by atoms with E-state index in [1.807, 2.05) is 0 Å². The molecule has 0 bridgehead atoms. The van der Waals surface area contributed by atoms with Crippen molar-refractivity contribution in [2.75, 3.05) is 0 Å². The van der Waals surface area contributed by atoms with Crippen LogP contribution in [0.15, 0.2) is 11.6 Å². The standard InChI is InChI=1S/C16H26O2/c1-14(2,3)18-13-8-7-11-15(4,5)12(17)9-10-16(11,13)6/h7,13H,8-10H2,1-6H3/t13-,16-/m1/s1. The van der Waals surface area contributed by atoms with Gasteiger partial charge in [-0.1, -0.05) is 18.6 Å². The van der Waals surface area contributed by atoms with Gasteiger partial charge < -0.3 is 4.74 Å². The van der Waals surface area contributed by atoms with E-state index in [-0.39, 0.29) is 22.5 Å². The fourth-order valence-electron chi connectivity index (χ4n) is 3.60. The smallest absolute Gasteiger partial charge is 0.142 e. The summed E-state index contributed by atoms with van der Waals surface area (Å²) in [4.78, 5) is 12.1. The fraction of sp³-hybridized carbons (Fsp3) is 0.812. The molecular weight excluding hydrogens is 224 g/mol. The fourth-order valence-corrected chi connectivity index (χ4v) is 3.60. The van der Waals surface area contributed by atoms with Gasteiger partial charge in [-0.25, -0.2) is 0 Å². The van der Waals surface area contributed by atoms with Crippen LogP contribution in [-0.2, 0) is 9.53 Å². The third-order valence-corrected chi connectivity index (χ3v) is 4.60. The highest BCUT2D eigenvalue weighted by Crippen LogP contribution is 2.56. The molecule has 0 radical (unpaired) electrons. The Bertz CT molecular complexity index is 398. The lowest BCUT2D eigenvalue weighted by molar-refractivity contribution is -0.134. The van der Waals surface area contributed by atoms with Crippen LogP contribution in [0.3, 0.4) is 0 Å². The van der Waals surface area contributed by atoms with Crippen LogP contribution in [0.25, 0.3) is 0 Å². The molecule has 18 heavy (non-hydrogen) atoms. The topological polar surface area (TPSA) is 26.3 Å². The number of hydrogen-bond donors (Lipinski definition) is 0. The largest absolute Gasteiger partial charge is 0.371 e. The van der Waals surface area contributed by atoms with Crippen LogP contribution in [-0.4, -0.2) is 17.5 Å². The molecule has 102 valence electrons. The monoisotopic (exact) mass is 250 g/mol. The second-order valence-corrected chi connectivity index (χ2v) is 7.54. The minimum absolute atomic E-state index is 0.0463. The number of carbonyl (C=O) groups excluding carboxylic acids is 1. The van der Waals surface area contributed by atoms with Crippen molar-refractivity contribution in [2.24, 2.45) is 10.8 Å². The first-order valence-electron chi connectivity index (χ1n) is 6.99. The van der Waals surface area contributed by atoms with Crippen LogP contribution in [0.1, 0.15) is 60.8 Å². The number of Topliss-reactive ketones (excluding diaryl/α,β-unsaturated/α-hetero) is 1. The Hall–Kier alpha value is -0.630. The normalized spacial score (nSPS) is 35.3. The molecule has 2 aliphatic carbocycles. The lowest BCUT2D eigenvalue weighted by Crippen LogP contribution is -2.46. The number of carbonyl (C=O) groups is 1. The van der Waals surface area contributed by atoms with Gasteiger partial charge in [-0.3, -0.25) is 4.79 Å². The molecule has 2 nitrogen and oxygen atoms in total. The van der Waals surface area contributed by atoms with Crippen LogP contribution < -0.4 is 0 Å². The zero-order valence-electron chi connectivity index (χ0n) is 12.6. The number of hydrogen-bond acceptors (Lipinski definition) is 2. The van der Waals surface area contributed by atoms with Crippen molar-refractivity contribution in [3.05, 3.63) is 11.6 Å². The molecular formula is C16H26O2. The Labute approximate surface area is 111 Å². The molecule has 0 aromatic rings. The summed E-state index contributed by atoms with van der Waals surface area (Å²) in [7, 11) is 0. The maximum Gasteiger partial charge on any atom is 0.142 e. The summed E-state index contributed by atoms with van der Waals surface area (Å²) in [5, 5.41) is 0. The van der Waals surface area contributed by atoms with Crippen LogP contribution >= 0.6 is 0 Å². The van der Waals surface area contributed by atoms with Crippen molar-refractivity contribution in [1.82, 2.24) is 0 Å². The van der Waals surface area contributed by atoms with Crippen molar-refractivity contribution in [3.63, 3.8) is 0 Å². The number of ketones is 1. The Balaban J connectivity index is 2.29. The second-order valence-electron chi connectivity index (χ2n) is 7.54. The van der Waals surface area contributed by atoms with E-state index in [0.717, 1.165) is 12.8 Å². The first-order chi connectivity index (χ1) is 8.07. The Morgan fingerprint density at radius 2 is 1.89 bits per heavy atom. The molecule has 0 N–H and O–H groups in total. The summed E-state index contributed by atoms with van der Waals surface area (Å²) in [6, 6.07) is 0. The third-order valence-electron chi connectivity index (χ3n) is 4.60. The zero-order valence-corrected chi connectivity index (χ0v) is 12.6. The molecule has 1 fully saturated rings. The molecule has 0 amide bonds. The van der Waals surface area contributed by atoms with E-state index in [9.17, 15) is 4.79 Å². The summed E-state index contributed by atoms with van der Waals surface area (Å²) in [5.41, 5.74) is 0.927. The average Bonchev–Trinajstić information content (AvgIpc) is 2.51. The van der Waals surface area contributed by atoms with Crippen molar-refractivity contribution in [3.8, 4) is 0 Å². The lowest BCUT2D eigenvalue weighted by Gasteiger charge is -2.46. The van der Waals surface area contributed by atoms with E-state index in [2.05, 4.69) is 47.6 Å². The van der Waals surface area contributed by atoms with Crippen LogP contribution in [0, 0.1) is 10.8 Å². The van der Waals surface area contributed by atoms with Gasteiger partial charge in [0.1, 0.15) is 5.78 Å². The first-order valence-corrected chi connectivity index (χ1v) is 6.99. The highest BCUT2D eigenvalue weighted by atomic mass is 16.5. The highest BCUT2D eigenvalue weighted by Gasteiger charge is 2.53. The van der Waals surface area contributed by atoms with Gasteiger partial charge in [0.15, 0.2) is 0 Å². The van der Waals surface area contributed by atoms with Gasteiger partial charge in [0, 0.05) is 17.3 Å². The van der Waals surface area contributed by atoms with Crippen LogP contribution in [0.4, 0.5) is 0 Å². The van der Waals surface area contributed by atoms with E-state index in [1.54, 1.807) is 0 Å². The van der Waals surface area contributed by atoms with Gasteiger partial charge >= 0.3 is 0 Å². The molecule has 2 atom stereocenters. The average molecular weight is 250 g/mol. The second kappa shape index (κ2) is 3.93. The molecule has 0 saturated heterocycles.